The lowest BCUT2D eigenvalue weighted by molar-refractivity contribution is 0.425. The molecular formula is C12H16BrNS. The molecule has 0 aromatic heterocycles. The summed E-state index contributed by atoms with van der Waals surface area (Å²) in [4.78, 5) is 0. The summed E-state index contributed by atoms with van der Waals surface area (Å²) >= 11 is 5.44. The van der Waals surface area contributed by atoms with Gasteiger partial charge in [0, 0.05) is 16.3 Å². The lowest BCUT2D eigenvalue weighted by Gasteiger charge is -2.28. The minimum absolute atomic E-state index is 0.382. The number of rotatable bonds is 2. The van der Waals surface area contributed by atoms with Crippen LogP contribution in [0.4, 0.5) is 0 Å². The van der Waals surface area contributed by atoms with E-state index in [9.17, 15) is 0 Å². The first-order valence-electron chi connectivity index (χ1n) is 5.33. The van der Waals surface area contributed by atoms with Gasteiger partial charge in [0.05, 0.1) is 0 Å². The quantitative estimate of drug-likeness (QED) is 0.904. The largest absolute Gasteiger partial charge is 0.327 e. The third-order valence-corrected chi connectivity index (χ3v) is 4.63. The van der Waals surface area contributed by atoms with Gasteiger partial charge in [-0.1, -0.05) is 28.1 Å². The smallest absolute Gasteiger partial charge is 0.0175 e. The average Bonchev–Trinajstić information content (AvgIpc) is 2.25. The van der Waals surface area contributed by atoms with E-state index in [4.69, 9.17) is 5.73 Å². The normalized spacial score (nSPS) is 26.5. The maximum atomic E-state index is 6.13. The van der Waals surface area contributed by atoms with Crippen LogP contribution in [0.5, 0.6) is 0 Å². The van der Waals surface area contributed by atoms with Crippen molar-refractivity contribution in [3.05, 3.63) is 34.3 Å². The zero-order valence-corrected chi connectivity index (χ0v) is 11.1. The molecule has 3 heteroatoms. The Morgan fingerprint density at radius 2 is 2.07 bits per heavy atom. The summed E-state index contributed by atoms with van der Waals surface area (Å²) in [5.41, 5.74) is 7.53. The van der Waals surface area contributed by atoms with Crippen molar-refractivity contribution in [3.8, 4) is 0 Å². The molecule has 1 aliphatic heterocycles. The van der Waals surface area contributed by atoms with Crippen LogP contribution in [0.25, 0.3) is 0 Å². The monoisotopic (exact) mass is 285 g/mol. The highest BCUT2D eigenvalue weighted by Crippen LogP contribution is 2.25. The molecule has 0 aliphatic carbocycles. The van der Waals surface area contributed by atoms with E-state index in [0.29, 0.717) is 12.0 Å². The number of benzene rings is 1. The molecule has 0 amide bonds. The summed E-state index contributed by atoms with van der Waals surface area (Å²) in [5.74, 6) is 3.07. The van der Waals surface area contributed by atoms with Gasteiger partial charge in [0.1, 0.15) is 0 Å². The first-order valence-corrected chi connectivity index (χ1v) is 7.28. The maximum absolute atomic E-state index is 6.13. The third kappa shape index (κ3) is 3.23. The van der Waals surface area contributed by atoms with Gasteiger partial charge in [0.15, 0.2) is 0 Å². The topological polar surface area (TPSA) is 26.0 Å². The number of hydrogen-bond donors (Lipinski definition) is 1. The van der Waals surface area contributed by atoms with Gasteiger partial charge in [-0.15, -0.1) is 0 Å². The molecule has 1 aromatic carbocycles. The third-order valence-electron chi connectivity index (χ3n) is 2.96. The molecule has 0 saturated carbocycles. The lowest BCUT2D eigenvalue weighted by atomic mass is 9.91. The molecule has 1 saturated heterocycles. The van der Waals surface area contributed by atoms with Crippen molar-refractivity contribution in [2.75, 3.05) is 11.5 Å². The van der Waals surface area contributed by atoms with Crippen LogP contribution in [0.3, 0.4) is 0 Å². The number of halogens is 1. The highest BCUT2D eigenvalue weighted by atomic mass is 79.9. The summed E-state index contributed by atoms with van der Waals surface area (Å²) in [6, 6.07) is 8.99. The predicted octanol–water partition coefficient (Wildman–Crippen LogP) is 3.07. The van der Waals surface area contributed by atoms with Crippen LogP contribution in [0, 0.1) is 5.92 Å². The van der Waals surface area contributed by atoms with Crippen LogP contribution >= 0.6 is 27.7 Å². The lowest BCUT2D eigenvalue weighted by Crippen LogP contribution is -2.37. The molecular weight excluding hydrogens is 270 g/mol. The van der Waals surface area contributed by atoms with E-state index in [1.807, 2.05) is 11.8 Å². The van der Waals surface area contributed by atoms with Crippen LogP contribution in [0.2, 0.25) is 0 Å². The van der Waals surface area contributed by atoms with Crippen LogP contribution < -0.4 is 5.73 Å². The molecule has 1 fully saturated rings. The molecule has 0 spiro atoms. The van der Waals surface area contributed by atoms with Gasteiger partial charge in [0.25, 0.3) is 0 Å². The highest BCUT2D eigenvalue weighted by Gasteiger charge is 2.21. The SMILES string of the molecule is NC1CSCCC1Cc1ccc(Br)cc1. The Kier molecular flexibility index (Phi) is 4.12. The fourth-order valence-electron chi connectivity index (χ4n) is 1.98. The first kappa shape index (κ1) is 11.5. The molecule has 2 N–H and O–H groups in total. The Morgan fingerprint density at radius 1 is 1.33 bits per heavy atom. The van der Waals surface area contributed by atoms with E-state index < -0.39 is 0 Å². The fourth-order valence-corrected chi connectivity index (χ4v) is 3.43. The molecule has 1 nitrogen and oxygen atoms in total. The van der Waals surface area contributed by atoms with Gasteiger partial charge in [-0.3, -0.25) is 0 Å². The summed E-state index contributed by atoms with van der Waals surface area (Å²) in [6.45, 7) is 0. The van der Waals surface area contributed by atoms with Crippen LogP contribution in [0.15, 0.2) is 28.7 Å². The fraction of sp³-hybridized carbons (Fsp3) is 0.500. The van der Waals surface area contributed by atoms with E-state index >= 15 is 0 Å². The molecule has 1 aromatic rings. The zero-order chi connectivity index (χ0) is 10.7. The molecule has 1 heterocycles. The second-order valence-electron chi connectivity index (χ2n) is 4.12. The zero-order valence-electron chi connectivity index (χ0n) is 8.66. The maximum Gasteiger partial charge on any atom is 0.0175 e. The van der Waals surface area contributed by atoms with E-state index in [2.05, 4.69) is 40.2 Å². The Labute approximate surface area is 104 Å². The van der Waals surface area contributed by atoms with Crippen LogP contribution in [0.1, 0.15) is 12.0 Å². The van der Waals surface area contributed by atoms with Crippen molar-refractivity contribution in [2.45, 2.75) is 18.9 Å². The summed E-state index contributed by atoms with van der Waals surface area (Å²) in [7, 11) is 0. The molecule has 0 bridgehead atoms. The van der Waals surface area contributed by atoms with Gasteiger partial charge in [-0.25, -0.2) is 0 Å². The van der Waals surface area contributed by atoms with Crippen molar-refractivity contribution >= 4 is 27.7 Å². The van der Waals surface area contributed by atoms with E-state index in [1.54, 1.807) is 0 Å². The molecule has 1 aliphatic rings. The second-order valence-corrected chi connectivity index (χ2v) is 6.18. The van der Waals surface area contributed by atoms with E-state index in [1.165, 1.54) is 17.7 Å². The number of hydrogen-bond acceptors (Lipinski definition) is 2. The summed E-state index contributed by atoms with van der Waals surface area (Å²) in [5, 5.41) is 0. The Bertz CT molecular complexity index is 312. The van der Waals surface area contributed by atoms with Gasteiger partial charge in [0.2, 0.25) is 0 Å². The standard InChI is InChI=1S/C12H16BrNS/c13-11-3-1-9(2-4-11)7-10-5-6-15-8-12(10)14/h1-4,10,12H,5-8,14H2. The Hall–Kier alpha value is 0.01000. The number of nitrogens with two attached hydrogens (primary N) is 1. The summed E-state index contributed by atoms with van der Waals surface area (Å²) in [6.07, 6.45) is 2.40. The predicted molar refractivity (Wildman–Crippen MR) is 71.3 cm³/mol. The summed E-state index contributed by atoms with van der Waals surface area (Å²) < 4.78 is 1.15. The highest BCUT2D eigenvalue weighted by molar-refractivity contribution is 9.10. The van der Waals surface area contributed by atoms with Gasteiger partial charge in [-0.05, 0) is 42.2 Å². The van der Waals surface area contributed by atoms with E-state index in [-0.39, 0.29) is 0 Å². The Morgan fingerprint density at radius 3 is 2.73 bits per heavy atom. The average molecular weight is 286 g/mol. The Balaban J connectivity index is 1.98. The van der Waals surface area contributed by atoms with Crippen LogP contribution in [-0.2, 0) is 6.42 Å². The second kappa shape index (κ2) is 5.37. The molecule has 2 rings (SSSR count). The van der Waals surface area contributed by atoms with Crippen molar-refractivity contribution in [1.82, 2.24) is 0 Å². The molecule has 0 radical (unpaired) electrons. The first-order chi connectivity index (χ1) is 7.25. The van der Waals surface area contributed by atoms with Gasteiger partial charge >= 0.3 is 0 Å². The molecule has 82 valence electrons. The minimum atomic E-state index is 0.382. The van der Waals surface area contributed by atoms with Crippen molar-refractivity contribution < 1.29 is 0 Å². The van der Waals surface area contributed by atoms with E-state index in [0.717, 1.165) is 16.6 Å². The molecule has 2 unspecified atom stereocenters. The van der Waals surface area contributed by atoms with Crippen molar-refractivity contribution in [1.29, 1.82) is 0 Å². The van der Waals surface area contributed by atoms with Gasteiger partial charge < -0.3 is 5.73 Å². The van der Waals surface area contributed by atoms with Gasteiger partial charge in [-0.2, -0.15) is 11.8 Å². The van der Waals surface area contributed by atoms with Crippen molar-refractivity contribution in [3.63, 3.8) is 0 Å². The van der Waals surface area contributed by atoms with Crippen LogP contribution in [-0.4, -0.2) is 17.5 Å². The minimum Gasteiger partial charge on any atom is -0.327 e. The van der Waals surface area contributed by atoms with Crippen molar-refractivity contribution in [2.24, 2.45) is 11.7 Å². The number of thioether (sulfide) groups is 1. The molecule has 2 atom stereocenters. The molecule has 15 heavy (non-hydrogen) atoms.